The van der Waals surface area contributed by atoms with Gasteiger partial charge < -0.3 is 14.8 Å². The molecule has 0 radical (unpaired) electrons. The number of aromatic nitrogens is 3. The zero-order valence-corrected chi connectivity index (χ0v) is 21.8. The second-order valence-corrected chi connectivity index (χ2v) is 11.4. The fraction of sp³-hybridized carbons (Fsp3) is 0.607. The van der Waals surface area contributed by atoms with Crippen LogP contribution in [0, 0.1) is 5.92 Å². The fourth-order valence-corrected chi connectivity index (χ4v) is 6.35. The number of nitrogens with one attached hydrogen (secondary N) is 2. The summed E-state index contributed by atoms with van der Waals surface area (Å²) in [6, 6.07) is 3.76. The van der Waals surface area contributed by atoms with Crippen molar-refractivity contribution in [3.05, 3.63) is 41.2 Å². The summed E-state index contributed by atoms with van der Waals surface area (Å²) >= 11 is 0. The highest BCUT2D eigenvalue weighted by atomic mass is 19.4. The van der Waals surface area contributed by atoms with Crippen molar-refractivity contribution in [1.29, 1.82) is 0 Å². The average Bonchev–Trinajstić information content (AvgIpc) is 3.57. The van der Waals surface area contributed by atoms with E-state index in [1.807, 2.05) is 6.07 Å². The minimum absolute atomic E-state index is 0.0784. The molecule has 4 heterocycles. The lowest BCUT2D eigenvalue weighted by Crippen LogP contribution is -2.38. The van der Waals surface area contributed by atoms with Gasteiger partial charge in [-0.2, -0.15) is 18.3 Å². The van der Waals surface area contributed by atoms with Gasteiger partial charge in [0.15, 0.2) is 0 Å². The van der Waals surface area contributed by atoms with Crippen LogP contribution in [0.3, 0.4) is 0 Å². The van der Waals surface area contributed by atoms with Gasteiger partial charge in [-0.05, 0) is 93.8 Å². The van der Waals surface area contributed by atoms with E-state index in [-0.39, 0.29) is 11.8 Å². The van der Waals surface area contributed by atoms with Gasteiger partial charge in [0.2, 0.25) is 0 Å². The summed E-state index contributed by atoms with van der Waals surface area (Å²) in [6.07, 6.45) is 1.86. The molecule has 36 heavy (non-hydrogen) atoms. The van der Waals surface area contributed by atoms with Gasteiger partial charge in [0.05, 0.1) is 17.5 Å². The first-order valence-corrected chi connectivity index (χ1v) is 13.3. The third-order valence-corrected chi connectivity index (χ3v) is 8.27. The predicted molar refractivity (Wildman–Crippen MR) is 138 cm³/mol. The maximum absolute atomic E-state index is 14.3. The Morgan fingerprint density at radius 2 is 1.81 bits per heavy atom. The van der Waals surface area contributed by atoms with Gasteiger partial charge in [0.1, 0.15) is 0 Å². The molecule has 196 valence electrons. The van der Waals surface area contributed by atoms with E-state index in [9.17, 15) is 13.2 Å². The zero-order valence-electron chi connectivity index (χ0n) is 21.8. The van der Waals surface area contributed by atoms with Crippen molar-refractivity contribution in [3.63, 3.8) is 0 Å². The van der Waals surface area contributed by atoms with E-state index in [0.717, 1.165) is 67.8 Å². The number of fused-ring (bicyclic) bond motifs is 1. The summed E-state index contributed by atoms with van der Waals surface area (Å²) in [5.74, 6) is 0.748. The molecule has 1 aromatic carbocycles. The molecule has 0 saturated carbocycles. The van der Waals surface area contributed by atoms with E-state index in [0.29, 0.717) is 23.0 Å². The number of halogens is 3. The molecule has 2 aliphatic rings. The maximum atomic E-state index is 14.3. The number of likely N-dealkylation sites (tertiary alicyclic amines) is 2. The monoisotopic (exact) mass is 501 g/mol. The van der Waals surface area contributed by atoms with Crippen molar-refractivity contribution in [2.24, 2.45) is 5.92 Å². The molecule has 8 heteroatoms. The summed E-state index contributed by atoms with van der Waals surface area (Å²) < 4.78 is 42.8. The van der Waals surface area contributed by atoms with Crippen LogP contribution in [0.2, 0.25) is 0 Å². The number of H-pyrrole nitrogens is 2. The summed E-state index contributed by atoms with van der Waals surface area (Å²) in [7, 11) is 0. The smallest absolute Gasteiger partial charge is 0.354 e. The molecular weight excluding hydrogens is 463 g/mol. The number of hydrogen-bond acceptors (Lipinski definition) is 3. The van der Waals surface area contributed by atoms with Crippen LogP contribution in [0.4, 0.5) is 13.2 Å². The molecule has 0 spiro atoms. The highest BCUT2D eigenvalue weighted by molar-refractivity contribution is 5.92. The number of alkyl halides is 3. The first-order valence-electron chi connectivity index (χ1n) is 13.3. The van der Waals surface area contributed by atoms with Gasteiger partial charge in [-0.3, -0.25) is 5.10 Å². The Kier molecular flexibility index (Phi) is 6.94. The molecule has 1 atom stereocenters. The summed E-state index contributed by atoms with van der Waals surface area (Å²) in [5.41, 5.74) is 3.27. The minimum Gasteiger partial charge on any atom is -0.354 e. The molecule has 5 rings (SSSR count). The molecular formula is C28H38F3N5. The van der Waals surface area contributed by atoms with E-state index in [2.05, 4.69) is 52.7 Å². The Bertz CT molecular complexity index is 1170. The van der Waals surface area contributed by atoms with E-state index in [4.69, 9.17) is 0 Å². The summed E-state index contributed by atoms with van der Waals surface area (Å²) in [4.78, 5) is 8.28. The van der Waals surface area contributed by atoms with Crippen molar-refractivity contribution in [2.75, 3.05) is 32.7 Å². The third-order valence-electron chi connectivity index (χ3n) is 8.27. The lowest BCUT2D eigenvalue weighted by molar-refractivity contribution is -0.138. The van der Waals surface area contributed by atoms with Crippen LogP contribution < -0.4 is 0 Å². The van der Waals surface area contributed by atoms with Crippen LogP contribution in [-0.4, -0.2) is 63.7 Å². The van der Waals surface area contributed by atoms with Crippen molar-refractivity contribution in [1.82, 2.24) is 25.0 Å². The number of aromatic amines is 2. The van der Waals surface area contributed by atoms with Crippen LogP contribution >= 0.6 is 0 Å². The topological polar surface area (TPSA) is 51.0 Å². The van der Waals surface area contributed by atoms with Gasteiger partial charge in [-0.25, -0.2) is 0 Å². The van der Waals surface area contributed by atoms with Crippen molar-refractivity contribution in [3.8, 4) is 11.3 Å². The fourth-order valence-electron chi connectivity index (χ4n) is 6.35. The lowest BCUT2D eigenvalue weighted by Gasteiger charge is -2.34. The maximum Gasteiger partial charge on any atom is 0.416 e. The zero-order chi connectivity index (χ0) is 25.6. The molecule has 0 aliphatic carbocycles. The molecule has 2 N–H and O–H groups in total. The molecule has 2 aliphatic heterocycles. The lowest BCUT2D eigenvalue weighted by atomic mass is 9.84. The Labute approximate surface area is 211 Å². The number of benzene rings is 1. The normalized spacial score (nSPS) is 21.0. The molecule has 2 aromatic heterocycles. The Morgan fingerprint density at radius 1 is 1.06 bits per heavy atom. The summed E-state index contributed by atoms with van der Waals surface area (Å²) in [5, 5.41) is 7.75. The Balaban J connectivity index is 1.41. The number of hydrogen-bond donors (Lipinski definition) is 2. The second kappa shape index (κ2) is 9.86. The third kappa shape index (κ3) is 4.94. The largest absolute Gasteiger partial charge is 0.416 e. The molecule has 3 aromatic rings. The standard InChI is InChI=1S/C28H38F3N5/c1-17(2)26-23-11-22(20-6-8-35(9-7-20)15-19-5-10-36(16-19)18(3)4)24(28(29,30)31)12-25(23)34-27(26)21-13-32-33-14-21/h11-14,17-20,34H,5-10,15-16H2,1-4H3,(H,32,33). The van der Waals surface area contributed by atoms with Gasteiger partial charge in [0.25, 0.3) is 0 Å². The molecule has 2 saturated heterocycles. The van der Waals surface area contributed by atoms with Crippen molar-refractivity contribution >= 4 is 10.9 Å². The van der Waals surface area contributed by atoms with Gasteiger partial charge in [0, 0.05) is 41.8 Å². The van der Waals surface area contributed by atoms with Crippen LogP contribution in [-0.2, 0) is 6.18 Å². The van der Waals surface area contributed by atoms with Crippen molar-refractivity contribution in [2.45, 2.75) is 71.0 Å². The Morgan fingerprint density at radius 3 is 2.39 bits per heavy atom. The number of nitrogens with zero attached hydrogens (tertiary/aromatic N) is 3. The summed E-state index contributed by atoms with van der Waals surface area (Å²) in [6.45, 7) is 13.7. The van der Waals surface area contributed by atoms with Crippen LogP contribution in [0.5, 0.6) is 0 Å². The SMILES string of the molecule is CC(C)c1c(-c2cn[nH]c2)[nH]c2cc(C(F)(F)F)c(C3CCN(CC4CCN(C(C)C)C4)CC3)cc12. The van der Waals surface area contributed by atoms with E-state index in [1.165, 1.54) is 12.5 Å². The van der Waals surface area contributed by atoms with Crippen LogP contribution in [0.25, 0.3) is 22.2 Å². The quantitative estimate of drug-likeness (QED) is 0.400. The van der Waals surface area contributed by atoms with Gasteiger partial charge in [-0.15, -0.1) is 0 Å². The number of piperidine rings is 1. The van der Waals surface area contributed by atoms with Crippen molar-refractivity contribution < 1.29 is 13.2 Å². The van der Waals surface area contributed by atoms with E-state index in [1.54, 1.807) is 12.4 Å². The molecule has 0 bridgehead atoms. The van der Waals surface area contributed by atoms with Gasteiger partial charge in [-0.1, -0.05) is 13.8 Å². The Hall–Kier alpha value is -2.32. The molecule has 1 unspecified atom stereocenters. The molecule has 5 nitrogen and oxygen atoms in total. The highest BCUT2D eigenvalue weighted by Crippen LogP contribution is 2.44. The molecule has 0 amide bonds. The second-order valence-electron chi connectivity index (χ2n) is 11.4. The first-order chi connectivity index (χ1) is 17.1. The predicted octanol–water partition coefficient (Wildman–Crippen LogP) is 6.61. The number of rotatable bonds is 6. The van der Waals surface area contributed by atoms with E-state index < -0.39 is 11.7 Å². The van der Waals surface area contributed by atoms with Crippen LogP contribution in [0.1, 0.15) is 75.5 Å². The minimum atomic E-state index is -4.39. The van der Waals surface area contributed by atoms with Gasteiger partial charge >= 0.3 is 6.18 Å². The average molecular weight is 502 g/mol. The molecule has 2 fully saturated rings. The highest BCUT2D eigenvalue weighted by Gasteiger charge is 2.37. The van der Waals surface area contributed by atoms with E-state index >= 15 is 0 Å². The first kappa shape index (κ1) is 25.3. The van der Waals surface area contributed by atoms with Crippen LogP contribution in [0.15, 0.2) is 24.5 Å².